The highest BCUT2D eigenvalue weighted by molar-refractivity contribution is 7.49. The summed E-state index contributed by atoms with van der Waals surface area (Å²) < 4.78 is 50.6. The molecule has 0 saturated carbocycles. The Bertz CT molecular complexity index is 609. The highest BCUT2D eigenvalue weighted by atomic mass is 31.2. The summed E-state index contributed by atoms with van der Waals surface area (Å²) in [7, 11) is -3.74. The van der Waals surface area contributed by atoms with Crippen LogP contribution in [0, 0.1) is 0 Å². The van der Waals surface area contributed by atoms with E-state index in [4.69, 9.17) is 0 Å². The van der Waals surface area contributed by atoms with Crippen molar-refractivity contribution in [1.29, 1.82) is 0 Å². The van der Waals surface area contributed by atoms with E-state index in [1.807, 2.05) is 0 Å². The number of rotatable bonds is 8. The molecule has 0 atom stereocenters. The lowest BCUT2D eigenvalue weighted by atomic mass is 10.1. The maximum atomic E-state index is 11.8. The molecular formula is C12H16O10P2. The molecule has 0 saturated heterocycles. The minimum Gasteiger partial charge on any atom is -0.367 e. The van der Waals surface area contributed by atoms with Gasteiger partial charge < -0.3 is 9.05 Å². The summed E-state index contributed by atoms with van der Waals surface area (Å²) in [5, 5.41) is 0. The first kappa shape index (κ1) is 20.5. The largest absolute Gasteiger partial charge is 0.531 e. The molecule has 0 bridgehead atoms. The second kappa shape index (κ2) is 8.53. The van der Waals surface area contributed by atoms with Gasteiger partial charge in [0.2, 0.25) is 0 Å². The van der Waals surface area contributed by atoms with Crippen LogP contribution in [-0.2, 0) is 36.3 Å². The molecule has 0 N–H and O–H groups in total. The molecule has 0 unspecified atom stereocenters. The second-order valence-electron chi connectivity index (χ2n) is 3.96. The maximum Gasteiger partial charge on any atom is 0.531 e. The normalized spacial score (nSPS) is 11.8. The zero-order chi connectivity index (χ0) is 18.4. The van der Waals surface area contributed by atoms with Gasteiger partial charge in [0.25, 0.3) is 0 Å². The Kier molecular flexibility index (Phi) is 7.28. The van der Waals surface area contributed by atoms with E-state index in [-0.39, 0.29) is 11.1 Å². The summed E-state index contributed by atoms with van der Waals surface area (Å²) >= 11 is 0. The van der Waals surface area contributed by atoms with Gasteiger partial charge in [0, 0.05) is 28.4 Å². The van der Waals surface area contributed by atoms with Crippen LogP contribution in [0.1, 0.15) is 20.7 Å². The molecule has 0 aliphatic heterocycles. The summed E-state index contributed by atoms with van der Waals surface area (Å²) in [5.74, 6) is -1.97. The molecule has 0 aliphatic rings. The molecule has 0 heterocycles. The fourth-order valence-corrected chi connectivity index (χ4v) is 2.56. The Morgan fingerprint density at radius 1 is 0.667 bits per heavy atom. The van der Waals surface area contributed by atoms with Crippen LogP contribution in [0.15, 0.2) is 24.3 Å². The van der Waals surface area contributed by atoms with Gasteiger partial charge in [-0.15, -0.1) is 0 Å². The molecule has 24 heavy (non-hydrogen) atoms. The lowest BCUT2D eigenvalue weighted by molar-refractivity contribution is 0.0622. The van der Waals surface area contributed by atoms with E-state index in [2.05, 4.69) is 27.1 Å². The average molecular weight is 382 g/mol. The topological polar surface area (TPSA) is 124 Å². The third kappa shape index (κ3) is 5.24. The average Bonchev–Trinajstić information content (AvgIpc) is 2.61. The van der Waals surface area contributed by atoms with Gasteiger partial charge in [0.1, 0.15) is 0 Å². The predicted octanol–water partition coefficient (Wildman–Crippen LogP) is 2.80. The number of phosphoric acid groups is 2. The van der Waals surface area contributed by atoms with Crippen molar-refractivity contribution in [1.82, 2.24) is 0 Å². The van der Waals surface area contributed by atoms with Gasteiger partial charge in [0.15, 0.2) is 0 Å². The van der Waals surface area contributed by atoms with Crippen molar-refractivity contribution in [2.45, 2.75) is 0 Å². The molecule has 0 aromatic heterocycles. The number of carbonyl (C=O) groups excluding carboxylic acids is 2. The molecule has 0 radical (unpaired) electrons. The van der Waals surface area contributed by atoms with Crippen molar-refractivity contribution >= 4 is 27.6 Å². The first-order valence-electron chi connectivity index (χ1n) is 6.23. The molecule has 1 aromatic rings. The molecule has 134 valence electrons. The third-order valence-electron chi connectivity index (χ3n) is 2.64. The molecule has 1 rings (SSSR count). The van der Waals surface area contributed by atoms with Crippen molar-refractivity contribution in [3.05, 3.63) is 35.4 Å². The first-order valence-corrected chi connectivity index (χ1v) is 9.15. The Labute approximate surface area is 138 Å². The molecular weight excluding hydrogens is 366 g/mol. The van der Waals surface area contributed by atoms with Gasteiger partial charge in [-0.3, -0.25) is 18.1 Å². The quantitative estimate of drug-likeness (QED) is 0.620. The molecule has 0 fully saturated rings. The van der Waals surface area contributed by atoms with Crippen molar-refractivity contribution in [3.63, 3.8) is 0 Å². The van der Waals surface area contributed by atoms with Crippen LogP contribution >= 0.6 is 15.6 Å². The first-order chi connectivity index (χ1) is 11.2. The van der Waals surface area contributed by atoms with Crippen LogP contribution in [0.5, 0.6) is 0 Å². The highest BCUT2D eigenvalue weighted by Gasteiger charge is 2.30. The SMILES string of the molecule is COP(=O)(OC)OC(=O)c1ccc(C(=O)OP(=O)(OC)OC)cc1. The minimum absolute atomic E-state index is 0.0254. The van der Waals surface area contributed by atoms with Crippen molar-refractivity contribution in [2.24, 2.45) is 0 Å². The minimum atomic E-state index is -3.98. The van der Waals surface area contributed by atoms with E-state index in [1.165, 1.54) is 24.3 Å². The smallest absolute Gasteiger partial charge is 0.367 e. The van der Waals surface area contributed by atoms with E-state index in [0.717, 1.165) is 28.4 Å². The summed E-state index contributed by atoms with van der Waals surface area (Å²) in [6, 6.07) is 4.83. The molecule has 0 aliphatic carbocycles. The van der Waals surface area contributed by atoms with Gasteiger partial charge in [-0.2, -0.15) is 0 Å². The summed E-state index contributed by atoms with van der Waals surface area (Å²) in [5.41, 5.74) is -0.0509. The highest BCUT2D eigenvalue weighted by Crippen LogP contribution is 2.49. The number of hydrogen-bond donors (Lipinski definition) is 0. The van der Waals surface area contributed by atoms with Crippen LogP contribution in [-0.4, -0.2) is 40.4 Å². The molecule has 10 nitrogen and oxygen atoms in total. The van der Waals surface area contributed by atoms with Crippen molar-refractivity contribution < 1.29 is 45.9 Å². The van der Waals surface area contributed by atoms with Crippen LogP contribution < -0.4 is 0 Å². The number of benzene rings is 1. The number of carbonyl (C=O) groups is 2. The van der Waals surface area contributed by atoms with Crippen molar-refractivity contribution in [3.8, 4) is 0 Å². The van der Waals surface area contributed by atoms with E-state index in [0.29, 0.717) is 0 Å². The van der Waals surface area contributed by atoms with E-state index >= 15 is 0 Å². The standard InChI is InChI=1S/C12H16O10P2/c1-17-23(15,18-2)21-11(13)9-5-7-10(8-6-9)12(14)22-24(16,19-3)20-4/h5-8H,1-4H3. The molecule has 0 amide bonds. The predicted molar refractivity (Wildman–Crippen MR) is 80.5 cm³/mol. The zero-order valence-electron chi connectivity index (χ0n) is 13.3. The van der Waals surface area contributed by atoms with E-state index < -0.39 is 27.6 Å². The van der Waals surface area contributed by atoms with Crippen LogP contribution in [0.3, 0.4) is 0 Å². The van der Waals surface area contributed by atoms with Gasteiger partial charge in [-0.05, 0) is 24.3 Å². The van der Waals surface area contributed by atoms with Gasteiger partial charge >= 0.3 is 27.6 Å². The summed E-state index contributed by atoms with van der Waals surface area (Å²) in [6.45, 7) is 0. The van der Waals surface area contributed by atoms with Gasteiger partial charge in [-0.1, -0.05) is 0 Å². The van der Waals surface area contributed by atoms with Crippen molar-refractivity contribution in [2.75, 3.05) is 28.4 Å². The van der Waals surface area contributed by atoms with Crippen LogP contribution in [0.2, 0.25) is 0 Å². The Balaban J connectivity index is 2.86. The summed E-state index contributed by atoms with van der Waals surface area (Å²) in [4.78, 5) is 23.7. The van der Waals surface area contributed by atoms with Gasteiger partial charge in [0.05, 0.1) is 11.1 Å². The van der Waals surface area contributed by atoms with Crippen LogP contribution in [0.4, 0.5) is 0 Å². The Morgan fingerprint density at radius 3 is 1.12 bits per heavy atom. The van der Waals surface area contributed by atoms with E-state index in [1.54, 1.807) is 0 Å². The van der Waals surface area contributed by atoms with Crippen LogP contribution in [0.25, 0.3) is 0 Å². The number of phosphoric ester groups is 2. The lowest BCUT2D eigenvalue weighted by Gasteiger charge is -2.13. The molecule has 1 aromatic carbocycles. The molecule has 0 spiro atoms. The Morgan fingerprint density at radius 2 is 0.917 bits per heavy atom. The van der Waals surface area contributed by atoms with Gasteiger partial charge in [-0.25, -0.2) is 18.7 Å². The molecule has 12 heteroatoms. The Hall–Kier alpha value is -1.54. The third-order valence-corrected chi connectivity index (χ3v) is 5.21. The number of hydrogen-bond acceptors (Lipinski definition) is 10. The lowest BCUT2D eigenvalue weighted by Crippen LogP contribution is -2.08. The fraction of sp³-hybridized carbons (Fsp3) is 0.333. The zero-order valence-corrected chi connectivity index (χ0v) is 15.1. The maximum absolute atomic E-state index is 11.8. The fourth-order valence-electron chi connectivity index (χ4n) is 1.35. The second-order valence-corrected chi connectivity index (χ2v) is 7.57. The van der Waals surface area contributed by atoms with E-state index in [9.17, 15) is 18.7 Å². The summed E-state index contributed by atoms with van der Waals surface area (Å²) in [6.07, 6.45) is 0. The monoisotopic (exact) mass is 382 g/mol.